The molecule has 0 saturated carbocycles. The summed E-state index contributed by atoms with van der Waals surface area (Å²) in [5.74, 6) is 0. The van der Waals surface area contributed by atoms with Crippen LogP contribution in [-0.2, 0) is 6.54 Å². The Morgan fingerprint density at radius 2 is 2.44 bits per heavy atom. The lowest BCUT2D eigenvalue weighted by Crippen LogP contribution is -2.39. The van der Waals surface area contributed by atoms with E-state index in [4.69, 9.17) is 0 Å². The molecule has 90 valence electrons. The van der Waals surface area contributed by atoms with Crippen LogP contribution in [0.3, 0.4) is 0 Å². The Bertz CT molecular complexity index is 282. The van der Waals surface area contributed by atoms with Gasteiger partial charge in [-0.15, -0.1) is 17.9 Å². The second-order valence-electron chi connectivity index (χ2n) is 3.94. The average Bonchev–Trinajstić information content (AvgIpc) is 2.78. The van der Waals surface area contributed by atoms with Crippen LogP contribution in [0.25, 0.3) is 0 Å². The minimum absolute atomic E-state index is 0.562. The highest BCUT2D eigenvalue weighted by atomic mass is 32.1. The van der Waals surface area contributed by atoms with Crippen molar-refractivity contribution in [3.05, 3.63) is 35.0 Å². The third-order valence-corrected chi connectivity index (χ3v) is 3.56. The summed E-state index contributed by atoms with van der Waals surface area (Å²) in [5, 5.41) is 5.52. The summed E-state index contributed by atoms with van der Waals surface area (Å²) in [6, 6.07) is 4.89. The predicted octanol–water partition coefficient (Wildman–Crippen LogP) is 2.73. The van der Waals surface area contributed by atoms with Crippen molar-refractivity contribution < 1.29 is 0 Å². The van der Waals surface area contributed by atoms with Gasteiger partial charge in [0.25, 0.3) is 0 Å². The van der Waals surface area contributed by atoms with Crippen molar-refractivity contribution in [1.82, 2.24) is 10.2 Å². The summed E-state index contributed by atoms with van der Waals surface area (Å²) in [7, 11) is 0. The Kier molecular flexibility index (Phi) is 6.38. The maximum absolute atomic E-state index is 3.71. The molecule has 0 bridgehead atoms. The van der Waals surface area contributed by atoms with E-state index in [0.29, 0.717) is 6.04 Å². The Morgan fingerprint density at radius 3 is 3.00 bits per heavy atom. The average molecular weight is 238 g/mol. The lowest BCUT2D eigenvalue weighted by Gasteiger charge is -2.27. The molecule has 0 radical (unpaired) electrons. The molecule has 0 saturated heterocycles. The molecule has 16 heavy (non-hydrogen) atoms. The molecule has 1 atom stereocenters. The number of likely N-dealkylation sites (N-methyl/N-ethyl adjacent to an activating group) is 1. The van der Waals surface area contributed by atoms with Crippen LogP contribution in [0.15, 0.2) is 30.2 Å². The molecule has 0 spiro atoms. The van der Waals surface area contributed by atoms with E-state index in [-0.39, 0.29) is 0 Å². The van der Waals surface area contributed by atoms with Crippen molar-refractivity contribution in [3.63, 3.8) is 0 Å². The summed E-state index contributed by atoms with van der Waals surface area (Å²) < 4.78 is 0. The fourth-order valence-electron chi connectivity index (χ4n) is 1.71. The quantitative estimate of drug-likeness (QED) is 0.553. The molecule has 2 nitrogen and oxygen atoms in total. The molecular formula is C13H22N2S. The smallest absolute Gasteiger partial charge is 0.0331 e. The molecule has 0 amide bonds. The maximum atomic E-state index is 3.71. The van der Waals surface area contributed by atoms with Gasteiger partial charge in [-0.3, -0.25) is 4.90 Å². The first-order chi connectivity index (χ1) is 7.77. The van der Waals surface area contributed by atoms with Crippen molar-refractivity contribution >= 4 is 11.3 Å². The van der Waals surface area contributed by atoms with E-state index in [1.807, 2.05) is 17.4 Å². The Labute approximate surface area is 103 Å². The second-order valence-corrected chi connectivity index (χ2v) is 4.97. The molecule has 0 aromatic carbocycles. The van der Waals surface area contributed by atoms with Gasteiger partial charge in [-0.1, -0.05) is 19.1 Å². The largest absolute Gasteiger partial charge is 0.312 e. The summed E-state index contributed by atoms with van der Waals surface area (Å²) in [6.07, 6.45) is 1.91. The highest BCUT2D eigenvalue weighted by molar-refractivity contribution is 7.09. The van der Waals surface area contributed by atoms with E-state index in [1.165, 1.54) is 4.88 Å². The third kappa shape index (κ3) is 4.47. The number of hydrogen-bond donors (Lipinski definition) is 1. The van der Waals surface area contributed by atoms with E-state index < -0.39 is 0 Å². The second kappa shape index (κ2) is 7.60. The number of hydrogen-bond acceptors (Lipinski definition) is 3. The van der Waals surface area contributed by atoms with Crippen molar-refractivity contribution in [2.45, 2.75) is 26.4 Å². The van der Waals surface area contributed by atoms with Crippen LogP contribution in [0.4, 0.5) is 0 Å². The first-order valence-electron chi connectivity index (χ1n) is 5.86. The molecule has 0 aliphatic heterocycles. The van der Waals surface area contributed by atoms with Crippen LogP contribution >= 0.6 is 11.3 Å². The molecule has 1 unspecified atom stereocenters. The van der Waals surface area contributed by atoms with Crippen LogP contribution < -0.4 is 5.32 Å². The van der Waals surface area contributed by atoms with E-state index in [1.54, 1.807) is 0 Å². The van der Waals surface area contributed by atoms with Gasteiger partial charge in [0, 0.05) is 30.6 Å². The zero-order valence-corrected chi connectivity index (χ0v) is 11.1. The van der Waals surface area contributed by atoms with Gasteiger partial charge in [0.1, 0.15) is 0 Å². The van der Waals surface area contributed by atoms with Crippen LogP contribution in [0.1, 0.15) is 18.7 Å². The highest BCUT2D eigenvalue weighted by Crippen LogP contribution is 2.13. The summed E-state index contributed by atoms with van der Waals surface area (Å²) >= 11 is 1.83. The van der Waals surface area contributed by atoms with Crippen LogP contribution in [-0.4, -0.2) is 30.6 Å². The SMILES string of the molecule is C=CCNCC(C)N(CC)Cc1cccs1. The first-order valence-corrected chi connectivity index (χ1v) is 6.74. The standard InChI is InChI=1S/C13H22N2S/c1-4-8-14-10-12(3)15(5-2)11-13-7-6-9-16-13/h4,6-7,9,12,14H,1,5,8,10-11H2,2-3H3. The molecule has 0 aliphatic rings. The van der Waals surface area contributed by atoms with Crippen molar-refractivity contribution in [1.29, 1.82) is 0 Å². The van der Waals surface area contributed by atoms with Gasteiger partial charge in [0.05, 0.1) is 0 Å². The molecule has 0 fully saturated rings. The van der Waals surface area contributed by atoms with Gasteiger partial charge in [0.2, 0.25) is 0 Å². The predicted molar refractivity (Wildman–Crippen MR) is 72.9 cm³/mol. The van der Waals surface area contributed by atoms with Crippen molar-refractivity contribution in [2.75, 3.05) is 19.6 Å². The molecule has 1 rings (SSSR count). The first kappa shape index (κ1) is 13.4. The van der Waals surface area contributed by atoms with Gasteiger partial charge in [-0.25, -0.2) is 0 Å². The normalized spacial score (nSPS) is 12.9. The fourth-order valence-corrected chi connectivity index (χ4v) is 2.43. The minimum Gasteiger partial charge on any atom is -0.312 e. The molecule has 0 aliphatic carbocycles. The highest BCUT2D eigenvalue weighted by Gasteiger charge is 2.11. The summed E-state index contributed by atoms with van der Waals surface area (Å²) in [5.41, 5.74) is 0. The summed E-state index contributed by atoms with van der Waals surface area (Å²) in [4.78, 5) is 3.93. The summed E-state index contributed by atoms with van der Waals surface area (Å²) in [6.45, 7) is 12.3. The Balaban J connectivity index is 2.37. The van der Waals surface area contributed by atoms with Crippen molar-refractivity contribution in [2.24, 2.45) is 0 Å². The zero-order valence-electron chi connectivity index (χ0n) is 10.3. The van der Waals surface area contributed by atoms with E-state index >= 15 is 0 Å². The molecule has 1 aromatic rings. The van der Waals surface area contributed by atoms with Gasteiger partial charge in [-0.05, 0) is 24.9 Å². The Morgan fingerprint density at radius 1 is 1.62 bits per heavy atom. The van der Waals surface area contributed by atoms with Crippen LogP contribution in [0.5, 0.6) is 0 Å². The fraction of sp³-hybridized carbons (Fsp3) is 0.538. The molecule has 1 aromatic heterocycles. The third-order valence-electron chi connectivity index (χ3n) is 2.70. The van der Waals surface area contributed by atoms with Crippen LogP contribution in [0, 0.1) is 0 Å². The molecule has 1 N–H and O–H groups in total. The number of nitrogens with one attached hydrogen (secondary N) is 1. The Hall–Kier alpha value is -0.640. The molecule has 1 heterocycles. The minimum atomic E-state index is 0.562. The monoisotopic (exact) mass is 238 g/mol. The molecule has 3 heteroatoms. The van der Waals surface area contributed by atoms with Gasteiger partial charge >= 0.3 is 0 Å². The van der Waals surface area contributed by atoms with Gasteiger partial charge < -0.3 is 5.32 Å². The topological polar surface area (TPSA) is 15.3 Å². The van der Waals surface area contributed by atoms with E-state index in [9.17, 15) is 0 Å². The van der Waals surface area contributed by atoms with E-state index in [0.717, 1.165) is 26.2 Å². The lowest BCUT2D eigenvalue weighted by molar-refractivity contribution is 0.209. The zero-order chi connectivity index (χ0) is 11.8. The maximum Gasteiger partial charge on any atom is 0.0331 e. The lowest BCUT2D eigenvalue weighted by atomic mass is 10.2. The van der Waals surface area contributed by atoms with Gasteiger partial charge in [-0.2, -0.15) is 0 Å². The van der Waals surface area contributed by atoms with Crippen molar-refractivity contribution in [3.8, 4) is 0 Å². The van der Waals surface area contributed by atoms with Crippen LogP contribution in [0.2, 0.25) is 0 Å². The number of thiophene rings is 1. The molecular weight excluding hydrogens is 216 g/mol. The number of rotatable bonds is 8. The van der Waals surface area contributed by atoms with E-state index in [2.05, 4.69) is 48.2 Å². The number of nitrogens with zero attached hydrogens (tertiary/aromatic N) is 1. The van der Waals surface area contributed by atoms with Gasteiger partial charge in [0.15, 0.2) is 0 Å².